The Morgan fingerprint density at radius 1 is 1.21 bits per heavy atom. The molecule has 1 aromatic heterocycles. The average Bonchev–Trinajstić information content (AvgIpc) is 2.54. The van der Waals surface area contributed by atoms with Crippen LogP contribution in [0.5, 0.6) is 17.2 Å². The fraction of sp³-hybridized carbons (Fsp3) is 0.421. The van der Waals surface area contributed by atoms with Crippen molar-refractivity contribution < 1.29 is 18.6 Å². The molecule has 130 valence electrons. The van der Waals surface area contributed by atoms with E-state index in [1.54, 1.807) is 12.1 Å². The van der Waals surface area contributed by atoms with Crippen LogP contribution in [0.4, 0.5) is 0 Å². The summed E-state index contributed by atoms with van der Waals surface area (Å²) in [6.45, 7) is 6.30. The number of hydrogen-bond acceptors (Lipinski definition) is 5. The molecule has 0 aliphatic rings. The van der Waals surface area contributed by atoms with Gasteiger partial charge in [0.05, 0.1) is 19.8 Å². The van der Waals surface area contributed by atoms with Gasteiger partial charge in [-0.05, 0) is 38.8 Å². The highest BCUT2D eigenvalue weighted by Gasteiger charge is 2.20. The van der Waals surface area contributed by atoms with Gasteiger partial charge in [0.15, 0.2) is 5.75 Å². The smallest absolute Gasteiger partial charge is 0.383 e. The second-order valence-corrected chi connectivity index (χ2v) is 5.56. The number of rotatable bonds is 8. The van der Waals surface area contributed by atoms with Crippen LogP contribution in [0.15, 0.2) is 39.6 Å². The molecule has 1 heterocycles. The lowest BCUT2D eigenvalue weighted by molar-refractivity contribution is 0.243. The minimum absolute atomic E-state index is 0.0178. The van der Waals surface area contributed by atoms with Crippen molar-refractivity contribution in [3.05, 3.63) is 40.8 Å². The van der Waals surface area contributed by atoms with Gasteiger partial charge in [-0.25, -0.2) is 4.79 Å². The summed E-state index contributed by atoms with van der Waals surface area (Å²) < 4.78 is 22.3. The Kier molecular flexibility index (Phi) is 6.29. The van der Waals surface area contributed by atoms with Gasteiger partial charge in [0, 0.05) is 0 Å². The van der Waals surface area contributed by atoms with E-state index in [-0.39, 0.29) is 11.9 Å². The van der Waals surface area contributed by atoms with E-state index in [9.17, 15) is 4.79 Å². The van der Waals surface area contributed by atoms with E-state index >= 15 is 0 Å². The zero-order valence-electron chi connectivity index (χ0n) is 14.6. The molecule has 0 atom stereocenters. The molecule has 0 N–H and O–H groups in total. The first kappa shape index (κ1) is 17.9. The Bertz CT molecular complexity index is 758. The summed E-state index contributed by atoms with van der Waals surface area (Å²) in [6, 6.07) is 5.30. The topological polar surface area (TPSA) is 57.9 Å². The molecule has 1 aromatic carbocycles. The third-order valence-electron chi connectivity index (χ3n) is 3.31. The fourth-order valence-corrected chi connectivity index (χ4v) is 2.36. The van der Waals surface area contributed by atoms with Gasteiger partial charge in [0.1, 0.15) is 16.7 Å². The SMILES string of the molecule is CCC=CCCOc1c(OC)c2c(OC(C)C)cccc2oc1=O. The number of ether oxygens (including phenoxy) is 3. The van der Waals surface area contributed by atoms with Crippen LogP contribution in [0, 0.1) is 0 Å². The van der Waals surface area contributed by atoms with Crippen LogP contribution in [-0.2, 0) is 0 Å². The predicted octanol–water partition coefficient (Wildman–Crippen LogP) is 4.32. The van der Waals surface area contributed by atoms with Crippen LogP contribution in [0.2, 0.25) is 0 Å². The van der Waals surface area contributed by atoms with Crippen LogP contribution < -0.4 is 19.8 Å². The van der Waals surface area contributed by atoms with Gasteiger partial charge in [0.2, 0.25) is 5.75 Å². The lowest BCUT2D eigenvalue weighted by Crippen LogP contribution is -2.11. The normalized spacial score (nSPS) is 11.4. The maximum Gasteiger partial charge on any atom is 0.383 e. The molecule has 2 rings (SSSR count). The number of hydrogen-bond donors (Lipinski definition) is 0. The van der Waals surface area contributed by atoms with Gasteiger partial charge in [-0.3, -0.25) is 0 Å². The zero-order chi connectivity index (χ0) is 17.5. The van der Waals surface area contributed by atoms with Gasteiger partial charge in [-0.15, -0.1) is 0 Å². The summed E-state index contributed by atoms with van der Waals surface area (Å²) in [5.74, 6) is 1.02. The van der Waals surface area contributed by atoms with Crippen molar-refractivity contribution in [2.75, 3.05) is 13.7 Å². The zero-order valence-corrected chi connectivity index (χ0v) is 14.6. The maximum absolute atomic E-state index is 12.2. The lowest BCUT2D eigenvalue weighted by Gasteiger charge is -2.15. The fourth-order valence-electron chi connectivity index (χ4n) is 2.36. The predicted molar refractivity (Wildman–Crippen MR) is 94.3 cm³/mol. The monoisotopic (exact) mass is 332 g/mol. The Labute approximate surface area is 141 Å². The number of fused-ring (bicyclic) bond motifs is 1. The van der Waals surface area contributed by atoms with E-state index in [1.807, 2.05) is 26.0 Å². The first-order valence-corrected chi connectivity index (χ1v) is 8.16. The lowest BCUT2D eigenvalue weighted by atomic mass is 10.2. The van der Waals surface area contributed by atoms with E-state index in [1.165, 1.54) is 7.11 Å². The van der Waals surface area contributed by atoms with Gasteiger partial charge < -0.3 is 18.6 Å². The van der Waals surface area contributed by atoms with Gasteiger partial charge >= 0.3 is 5.63 Å². The molecule has 0 radical (unpaired) electrons. The van der Waals surface area contributed by atoms with Crippen molar-refractivity contribution in [2.45, 2.75) is 39.7 Å². The Hall–Kier alpha value is -2.43. The molecule has 0 bridgehead atoms. The summed E-state index contributed by atoms with van der Waals surface area (Å²) in [5, 5.41) is 0.604. The van der Waals surface area contributed by atoms with Crippen LogP contribution in [-0.4, -0.2) is 19.8 Å². The summed E-state index contributed by atoms with van der Waals surface area (Å²) in [7, 11) is 1.50. The molecule has 0 amide bonds. The van der Waals surface area contributed by atoms with E-state index in [4.69, 9.17) is 18.6 Å². The van der Waals surface area contributed by atoms with Crippen LogP contribution in [0.3, 0.4) is 0 Å². The molecule has 0 saturated carbocycles. The molecule has 0 aliphatic heterocycles. The molecule has 0 saturated heterocycles. The Morgan fingerprint density at radius 2 is 2.00 bits per heavy atom. The first-order chi connectivity index (χ1) is 11.6. The minimum Gasteiger partial charge on any atom is -0.492 e. The van der Waals surface area contributed by atoms with Crippen molar-refractivity contribution in [3.8, 4) is 17.2 Å². The third-order valence-corrected chi connectivity index (χ3v) is 3.31. The van der Waals surface area contributed by atoms with E-state index in [2.05, 4.69) is 13.0 Å². The largest absolute Gasteiger partial charge is 0.492 e. The Balaban J connectivity index is 2.45. The molecule has 0 spiro atoms. The van der Waals surface area contributed by atoms with Gasteiger partial charge in [0.25, 0.3) is 0 Å². The van der Waals surface area contributed by atoms with E-state index in [0.29, 0.717) is 35.5 Å². The third kappa shape index (κ3) is 4.10. The van der Waals surface area contributed by atoms with Crippen LogP contribution in [0.1, 0.15) is 33.6 Å². The highest BCUT2D eigenvalue weighted by atomic mass is 16.5. The molecule has 0 aliphatic carbocycles. The quantitative estimate of drug-likeness (QED) is 0.409. The summed E-state index contributed by atoms with van der Waals surface area (Å²) in [5.41, 5.74) is -0.145. The highest BCUT2D eigenvalue weighted by Crippen LogP contribution is 2.38. The number of benzene rings is 1. The average molecular weight is 332 g/mol. The van der Waals surface area contributed by atoms with Crippen molar-refractivity contribution in [1.29, 1.82) is 0 Å². The summed E-state index contributed by atoms with van der Waals surface area (Å²) in [4.78, 5) is 12.2. The van der Waals surface area contributed by atoms with Crippen LogP contribution in [0.25, 0.3) is 11.0 Å². The van der Waals surface area contributed by atoms with Crippen molar-refractivity contribution in [3.63, 3.8) is 0 Å². The summed E-state index contributed by atoms with van der Waals surface area (Å²) >= 11 is 0. The van der Waals surface area contributed by atoms with Crippen LogP contribution >= 0.6 is 0 Å². The molecule has 5 heteroatoms. The second-order valence-electron chi connectivity index (χ2n) is 5.56. The van der Waals surface area contributed by atoms with E-state index in [0.717, 1.165) is 6.42 Å². The van der Waals surface area contributed by atoms with Gasteiger partial charge in [-0.1, -0.05) is 25.1 Å². The molecular weight excluding hydrogens is 308 g/mol. The molecule has 24 heavy (non-hydrogen) atoms. The van der Waals surface area contributed by atoms with Crippen molar-refractivity contribution in [2.24, 2.45) is 0 Å². The molecule has 0 fully saturated rings. The standard InChI is InChI=1S/C19H24O5/c1-5-6-7-8-12-22-18-17(21-4)16-14(23-13(2)3)10-9-11-15(16)24-19(18)20/h6-7,9-11,13H,5,8,12H2,1-4H3. The molecule has 2 aromatic rings. The summed E-state index contributed by atoms with van der Waals surface area (Å²) in [6.07, 6.45) is 5.73. The maximum atomic E-state index is 12.2. The Morgan fingerprint density at radius 3 is 2.67 bits per heavy atom. The molecular formula is C19H24O5. The number of methoxy groups -OCH3 is 1. The first-order valence-electron chi connectivity index (χ1n) is 8.16. The van der Waals surface area contributed by atoms with Crippen molar-refractivity contribution >= 4 is 11.0 Å². The minimum atomic E-state index is -0.555. The molecule has 0 unspecified atom stereocenters. The van der Waals surface area contributed by atoms with E-state index < -0.39 is 5.63 Å². The molecule has 5 nitrogen and oxygen atoms in total. The highest BCUT2D eigenvalue weighted by molar-refractivity contribution is 5.91. The number of allylic oxidation sites excluding steroid dienone is 1. The van der Waals surface area contributed by atoms with Gasteiger partial charge in [-0.2, -0.15) is 0 Å². The van der Waals surface area contributed by atoms with Crippen molar-refractivity contribution in [1.82, 2.24) is 0 Å². The second kappa shape index (κ2) is 8.43.